The van der Waals surface area contributed by atoms with Gasteiger partial charge in [-0.2, -0.15) is 0 Å². The fraction of sp³-hybridized carbons (Fsp3) is 0.464. The van der Waals surface area contributed by atoms with Crippen molar-refractivity contribution in [1.82, 2.24) is 10.6 Å². The van der Waals surface area contributed by atoms with Gasteiger partial charge in [-0.25, -0.2) is 4.79 Å². The molecule has 7 heteroatoms. The molecule has 3 N–H and O–H groups in total. The Kier molecular flexibility index (Phi) is 8.54. The SMILES string of the molecule is CCCC[C@H](CC(=O)O)NC(=O)C(NC(=O)OCC1c2ccccc2-c2ccccc21)C(C)(C)C. The van der Waals surface area contributed by atoms with Crippen LogP contribution in [-0.2, 0) is 14.3 Å². The lowest BCUT2D eigenvalue weighted by Crippen LogP contribution is -2.55. The second-order valence-corrected chi connectivity index (χ2v) is 10.2. The highest BCUT2D eigenvalue weighted by atomic mass is 16.5. The van der Waals surface area contributed by atoms with Gasteiger partial charge in [-0.05, 0) is 34.1 Å². The van der Waals surface area contributed by atoms with Crippen LogP contribution in [-0.4, -0.2) is 41.8 Å². The molecule has 0 saturated carbocycles. The van der Waals surface area contributed by atoms with Crippen LogP contribution in [0.3, 0.4) is 0 Å². The Morgan fingerprint density at radius 1 is 0.971 bits per heavy atom. The second-order valence-electron chi connectivity index (χ2n) is 10.2. The van der Waals surface area contributed by atoms with Gasteiger partial charge in [-0.15, -0.1) is 0 Å². The van der Waals surface area contributed by atoms with Crippen molar-refractivity contribution in [3.63, 3.8) is 0 Å². The van der Waals surface area contributed by atoms with Crippen LogP contribution in [0.15, 0.2) is 48.5 Å². The quantitative estimate of drug-likeness (QED) is 0.439. The molecule has 1 unspecified atom stereocenters. The van der Waals surface area contributed by atoms with Crippen LogP contribution in [0, 0.1) is 5.41 Å². The molecule has 2 aromatic rings. The van der Waals surface area contributed by atoms with E-state index in [0.717, 1.165) is 35.1 Å². The van der Waals surface area contributed by atoms with Crippen molar-refractivity contribution >= 4 is 18.0 Å². The van der Waals surface area contributed by atoms with Gasteiger partial charge in [0, 0.05) is 12.0 Å². The number of carboxylic acid groups (broad SMARTS) is 1. The number of hydrogen-bond acceptors (Lipinski definition) is 4. The molecule has 2 aromatic carbocycles. The van der Waals surface area contributed by atoms with E-state index in [1.807, 2.05) is 64.1 Å². The lowest BCUT2D eigenvalue weighted by Gasteiger charge is -2.31. The number of unbranched alkanes of at least 4 members (excludes halogenated alkanes) is 1. The van der Waals surface area contributed by atoms with Gasteiger partial charge in [0.25, 0.3) is 0 Å². The number of ether oxygens (including phenoxy) is 1. The fourth-order valence-corrected chi connectivity index (χ4v) is 4.60. The van der Waals surface area contributed by atoms with Gasteiger partial charge in [0.2, 0.25) is 5.91 Å². The summed E-state index contributed by atoms with van der Waals surface area (Å²) < 4.78 is 5.63. The summed E-state index contributed by atoms with van der Waals surface area (Å²) in [6, 6.07) is 14.8. The molecule has 35 heavy (non-hydrogen) atoms. The molecule has 7 nitrogen and oxygen atoms in total. The first-order chi connectivity index (χ1) is 16.6. The van der Waals surface area contributed by atoms with Gasteiger partial charge in [-0.3, -0.25) is 9.59 Å². The summed E-state index contributed by atoms with van der Waals surface area (Å²) in [6.45, 7) is 7.70. The van der Waals surface area contributed by atoms with E-state index in [4.69, 9.17) is 4.74 Å². The Morgan fingerprint density at radius 2 is 1.54 bits per heavy atom. The maximum Gasteiger partial charge on any atom is 0.407 e. The van der Waals surface area contributed by atoms with Gasteiger partial charge >= 0.3 is 12.1 Å². The highest BCUT2D eigenvalue weighted by molar-refractivity contribution is 5.87. The van der Waals surface area contributed by atoms with E-state index in [1.165, 1.54) is 0 Å². The predicted molar refractivity (Wildman–Crippen MR) is 135 cm³/mol. The van der Waals surface area contributed by atoms with Crippen molar-refractivity contribution in [3.8, 4) is 11.1 Å². The Morgan fingerprint density at radius 3 is 2.06 bits per heavy atom. The molecule has 0 aliphatic heterocycles. The molecule has 0 radical (unpaired) electrons. The van der Waals surface area contributed by atoms with Crippen LogP contribution < -0.4 is 10.6 Å². The minimum atomic E-state index is -0.969. The van der Waals surface area contributed by atoms with Crippen LogP contribution in [0.2, 0.25) is 0 Å². The van der Waals surface area contributed by atoms with Crippen molar-refractivity contribution in [2.75, 3.05) is 6.61 Å². The first-order valence-electron chi connectivity index (χ1n) is 12.3. The average molecular weight is 481 g/mol. The molecular formula is C28H36N2O5. The number of alkyl carbamates (subject to hydrolysis) is 1. The zero-order valence-electron chi connectivity index (χ0n) is 21.0. The third kappa shape index (κ3) is 6.62. The fourth-order valence-electron chi connectivity index (χ4n) is 4.60. The molecule has 0 heterocycles. The molecular weight excluding hydrogens is 444 g/mol. The van der Waals surface area contributed by atoms with Crippen molar-refractivity contribution in [2.45, 2.75) is 71.4 Å². The summed E-state index contributed by atoms with van der Waals surface area (Å²) in [6.07, 6.45) is 1.43. The van der Waals surface area contributed by atoms with Crippen LogP contribution in [0.4, 0.5) is 4.79 Å². The maximum absolute atomic E-state index is 13.1. The number of carboxylic acids is 1. The monoisotopic (exact) mass is 480 g/mol. The minimum Gasteiger partial charge on any atom is -0.481 e. The average Bonchev–Trinajstić information content (AvgIpc) is 3.12. The van der Waals surface area contributed by atoms with Gasteiger partial charge in [0.15, 0.2) is 0 Å². The normalized spacial score (nSPS) is 14.4. The Hall–Kier alpha value is -3.35. The van der Waals surface area contributed by atoms with E-state index >= 15 is 0 Å². The standard InChI is InChI=1S/C28H36N2O5/c1-5-6-11-18(16-24(31)32)29-26(33)25(28(2,3)4)30-27(34)35-17-23-21-14-9-7-12-19(21)20-13-8-10-15-22(20)23/h7-10,12-15,18,23,25H,5-6,11,16-17H2,1-4H3,(H,29,33)(H,30,34)(H,31,32)/t18-,25?/m1/s1. The minimum absolute atomic E-state index is 0.0796. The van der Waals surface area contributed by atoms with Crippen LogP contribution in [0.5, 0.6) is 0 Å². The second kappa shape index (κ2) is 11.4. The highest BCUT2D eigenvalue weighted by Crippen LogP contribution is 2.44. The molecule has 0 aromatic heterocycles. The number of carbonyl (C=O) groups excluding carboxylic acids is 2. The number of nitrogens with one attached hydrogen (secondary N) is 2. The van der Waals surface area contributed by atoms with Crippen molar-refractivity contribution in [3.05, 3.63) is 59.7 Å². The summed E-state index contributed by atoms with van der Waals surface area (Å²) in [7, 11) is 0. The highest BCUT2D eigenvalue weighted by Gasteiger charge is 2.35. The topological polar surface area (TPSA) is 105 Å². The van der Waals surface area contributed by atoms with E-state index in [-0.39, 0.29) is 18.9 Å². The number of aliphatic carboxylic acids is 1. The molecule has 1 aliphatic rings. The molecule has 0 saturated heterocycles. The third-order valence-electron chi connectivity index (χ3n) is 6.41. The first kappa shape index (κ1) is 26.3. The molecule has 188 valence electrons. The first-order valence-corrected chi connectivity index (χ1v) is 12.3. The zero-order chi connectivity index (χ0) is 25.6. The van der Waals surface area contributed by atoms with Crippen LogP contribution >= 0.6 is 0 Å². The summed E-state index contributed by atoms with van der Waals surface area (Å²) in [4.78, 5) is 37.2. The number of fused-ring (bicyclic) bond motifs is 3. The van der Waals surface area contributed by atoms with E-state index in [0.29, 0.717) is 6.42 Å². The molecule has 1 aliphatic carbocycles. The largest absolute Gasteiger partial charge is 0.481 e. The van der Waals surface area contributed by atoms with Gasteiger partial charge in [-0.1, -0.05) is 89.1 Å². The van der Waals surface area contributed by atoms with Crippen molar-refractivity contribution < 1.29 is 24.2 Å². The number of carbonyl (C=O) groups is 3. The van der Waals surface area contributed by atoms with E-state index in [9.17, 15) is 19.5 Å². The van der Waals surface area contributed by atoms with Gasteiger partial charge < -0.3 is 20.5 Å². The van der Waals surface area contributed by atoms with E-state index in [1.54, 1.807) is 0 Å². The van der Waals surface area contributed by atoms with Gasteiger partial charge in [0.1, 0.15) is 12.6 Å². The number of rotatable bonds is 10. The zero-order valence-corrected chi connectivity index (χ0v) is 21.0. The smallest absolute Gasteiger partial charge is 0.407 e. The lowest BCUT2D eigenvalue weighted by atomic mass is 9.86. The van der Waals surface area contributed by atoms with E-state index in [2.05, 4.69) is 22.8 Å². The summed E-state index contributed by atoms with van der Waals surface area (Å²) >= 11 is 0. The predicted octanol–water partition coefficient (Wildman–Crippen LogP) is 5.09. The molecule has 0 bridgehead atoms. The Bertz CT molecular complexity index is 1010. The molecule has 0 spiro atoms. The summed E-state index contributed by atoms with van der Waals surface area (Å²) in [5.41, 5.74) is 3.90. The Labute approximate surface area is 207 Å². The number of amides is 2. The molecule has 3 rings (SSSR count). The Balaban J connectivity index is 1.67. The van der Waals surface area contributed by atoms with Gasteiger partial charge in [0.05, 0.1) is 6.42 Å². The van der Waals surface area contributed by atoms with Crippen molar-refractivity contribution in [2.24, 2.45) is 5.41 Å². The summed E-state index contributed by atoms with van der Waals surface area (Å²) in [5, 5.41) is 14.8. The van der Waals surface area contributed by atoms with Crippen molar-refractivity contribution in [1.29, 1.82) is 0 Å². The summed E-state index contributed by atoms with van der Waals surface area (Å²) in [5.74, 6) is -1.46. The molecule has 2 atom stereocenters. The number of hydrogen-bond donors (Lipinski definition) is 3. The van der Waals surface area contributed by atoms with Crippen LogP contribution in [0.25, 0.3) is 11.1 Å². The number of benzene rings is 2. The third-order valence-corrected chi connectivity index (χ3v) is 6.41. The molecule has 0 fully saturated rings. The molecule has 2 amide bonds. The van der Waals surface area contributed by atoms with E-state index < -0.39 is 35.5 Å². The van der Waals surface area contributed by atoms with Crippen LogP contribution in [0.1, 0.15) is 70.4 Å². The lowest BCUT2D eigenvalue weighted by molar-refractivity contribution is -0.138. The maximum atomic E-state index is 13.1.